The van der Waals surface area contributed by atoms with Crippen LogP contribution in [0.1, 0.15) is 33.3 Å². The first-order chi connectivity index (χ1) is 13.0. The molecule has 1 aliphatic rings. The highest BCUT2D eigenvalue weighted by Crippen LogP contribution is 2.42. The largest absolute Gasteiger partial charge is 0.461 e. The molecular formula is C20H17FN2O3S. The van der Waals surface area contributed by atoms with Crippen LogP contribution >= 0.6 is 11.8 Å². The Labute approximate surface area is 160 Å². The Morgan fingerprint density at radius 1 is 1.33 bits per heavy atom. The van der Waals surface area contributed by atoms with Crippen molar-refractivity contribution in [3.05, 3.63) is 65.0 Å². The van der Waals surface area contributed by atoms with Gasteiger partial charge < -0.3 is 4.74 Å². The number of carbonyl (C=O) groups excluding carboxylic acids is 2. The maximum absolute atomic E-state index is 13.2. The first kappa shape index (κ1) is 18.9. The normalized spacial score (nSPS) is 16.3. The van der Waals surface area contributed by atoms with Crippen molar-refractivity contribution in [1.82, 2.24) is 0 Å². The Bertz CT molecular complexity index is 908. The summed E-state index contributed by atoms with van der Waals surface area (Å²) in [5.74, 6) is -0.534. The maximum Gasteiger partial charge on any atom is 0.338 e. The van der Waals surface area contributed by atoms with Crippen LogP contribution < -0.4 is 4.90 Å². The summed E-state index contributed by atoms with van der Waals surface area (Å²) in [5, 5.41) is 8.26. The van der Waals surface area contributed by atoms with Gasteiger partial charge in [0.25, 0.3) is 0 Å². The topological polar surface area (TPSA) is 70.4 Å². The number of thioether (sulfide) groups is 1. The zero-order valence-electron chi connectivity index (χ0n) is 14.6. The van der Waals surface area contributed by atoms with Gasteiger partial charge in [0.15, 0.2) is 0 Å². The summed E-state index contributed by atoms with van der Waals surface area (Å²) >= 11 is 1.48. The number of hydrogen-bond donors (Lipinski definition) is 0. The summed E-state index contributed by atoms with van der Waals surface area (Å²) in [6, 6.07) is 13.0. The number of nitriles is 1. The zero-order chi connectivity index (χ0) is 19.4. The minimum absolute atomic E-state index is 0.0400. The fourth-order valence-corrected chi connectivity index (χ4v) is 4.05. The minimum atomic E-state index is -0.503. The van der Waals surface area contributed by atoms with Gasteiger partial charge in [0.05, 0.1) is 23.8 Å². The number of amides is 1. The summed E-state index contributed by atoms with van der Waals surface area (Å²) in [5.41, 5.74) is 2.67. The van der Waals surface area contributed by atoms with Gasteiger partial charge in [-0.25, -0.2) is 9.18 Å². The first-order valence-electron chi connectivity index (χ1n) is 8.35. The molecule has 27 heavy (non-hydrogen) atoms. The molecule has 1 heterocycles. The summed E-state index contributed by atoms with van der Waals surface area (Å²) in [4.78, 5) is 26.2. The molecule has 0 aliphatic carbocycles. The number of esters is 1. The van der Waals surface area contributed by atoms with Gasteiger partial charge in [0, 0.05) is 5.69 Å². The predicted octanol–water partition coefficient (Wildman–Crippen LogP) is 3.98. The highest BCUT2D eigenvalue weighted by molar-refractivity contribution is 8.00. The van der Waals surface area contributed by atoms with E-state index in [1.54, 1.807) is 35.2 Å². The molecule has 2 aromatic carbocycles. The van der Waals surface area contributed by atoms with Gasteiger partial charge in [0.2, 0.25) is 5.91 Å². The third-order valence-electron chi connectivity index (χ3n) is 4.16. The molecule has 138 valence electrons. The molecule has 3 rings (SSSR count). The average molecular weight is 384 g/mol. The molecule has 1 fully saturated rings. The molecule has 0 radical (unpaired) electrons. The number of hydrogen-bond acceptors (Lipinski definition) is 5. The maximum atomic E-state index is 13.2. The predicted molar refractivity (Wildman–Crippen MR) is 101 cm³/mol. The van der Waals surface area contributed by atoms with Crippen molar-refractivity contribution < 1.29 is 18.7 Å². The van der Waals surface area contributed by atoms with Crippen LogP contribution in [0, 0.1) is 24.1 Å². The van der Waals surface area contributed by atoms with Crippen LogP contribution in [-0.4, -0.2) is 24.2 Å². The first-order valence-corrected chi connectivity index (χ1v) is 9.40. The summed E-state index contributed by atoms with van der Waals surface area (Å²) in [6.07, 6.45) is 0.141. The molecule has 1 saturated heterocycles. The van der Waals surface area contributed by atoms with E-state index in [0.29, 0.717) is 17.0 Å². The molecule has 1 aliphatic heterocycles. The third kappa shape index (κ3) is 4.12. The lowest BCUT2D eigenvalue weighted by Gasteiger charge is -2.26. The van der Waals surface area contributed by atoms with Gasteiger partial charge in [-0.3, -0.25) is 9.69 Å². The van der Waals surface area contributed by atoms with E-state index >= 15 is 0 Å². The molecule has 1 amide bonds. The van der Waals surface area contributed by atoms with Gasteiger partial charge >= 0.3 is 5.97 Å². The van der Waals surface area contributed by atoms with E-state index in [1.165, 1.54) is 23.9 Å². The molecular weight excluding hydrogens is 367 g/mol. The SMILES string of the molecule is Cc1cc(C(=O)OCCC#N)ccc1N1C(=O)CSC1c1ccc(F)cc1. The molecule has 0 spiro atoms. The third-order valence-corrected chi connectivity index (χ3v) is 5.37. The smallest absolute Gasteiger partial charge is 0.338 e. The number of anilines is 1. The Hall–Kier alpha value is -2.85. The van der Waals surface area contributed by atoms with E-state index in [4.69, 9.17) is 10.00 Å². The number of aryl methyl sites for hydroxylation is 1. The van der Waals surface area contributed by atoms with Gasteiger partial charge in [0.1, 0.15) is 17.8 Å². The number of carbonyl (C=O) groups is 2. The number of rotatable bonds is 5. The molecule has 0 aromatic heterocycles. The number of halogens is 1. The fraction of sp³-hybridized carbons (Fsp3) is 0.250. The van der Waals surface area contributed by atoms with Crippen LogP contribution in [0.2, 0.25) is 0 Å². The molecule has 0 N–H and O–H groups in total. The lowest BCUT2D eigenvalue weighted by atomic mass is 10.1. The Kier molecular flexibility index (Phi) is 5.77. The standard InChI is InChI=1S/C20H17FN2O3S/c1-13-11-15(20(25)26-10-2-9-22)5-8-17(13)23-18(24)12-27-19(23)14-3-6-16(21)7-4-14/h3-8,11,19H,2,10,12H2,1H3. The summed E-state index contributed by atoms with van der Waals surface area (Å²) < 4.78 is 18.2. The lowest BCUT2D eigenvalue weighted by molar-refractivity contribution is -0.115. The second-order valence-electron chi connectivity index (χ2n) is 6.02. The van der Waals surface area contributed by atoms with Gasteiger partial charge in [-0.2, -0.15) is 5.26 Å². The molecule has 0 bridgehead atoms. The second-order valence-corrected chi connectivity index (χ2v) is 7.09. The minimum Gasteiger partial charge on any atom is -0.461 e. The average Bonchev–Trinajstić information content (AvgIpc) is 3.03. The van der Waals surface area contributed by atoms with Crippen LogP contribution in [0.5, 0.6) is 0 Å². The van der Waals surface area contributed by atoms with E-state index in [-0.39, 0.29) is 30.1 Å². The van der Waals surface area contributed by atoms with Gasteiger partial charge in [-0.15, -0.1) is 11.8 Å². The summed E-state index contributed by atoms with van der Waals surface area (Å²) in [6.45, 7) is 1.86. The van der Waals surface area contributed by atoms with Crippen molar-refractivity contribution in [3.63, 3.8) is 0 Å². The van der Waals surface area contributed by atoms with Crippen molar-refractivity contribution >= 4 is 29.3 Å². The van der Waals surface area contributed by atoms with Crippen molar-refractivity contribution in [2.24, 2.45) is 0 Å². The second kappa shape index (κ2) is 8.23. The van der Waals surface area contributed by atoms with E-state index in [1.807, 2.05) is 13.0 Å². The highest BCUT2D eigenvalue weighted by Gasteiger charge is 2.34. The quantitative estimate of drug-likeness (QED) is 0.576. The zero-order valence-corrected chi connectivity index (χ0v) is 15.5. The molecule has 5 nitrogen and oxygen atoms in total. The fourth-order valence-electron chi connectivity index (χ4n) is 2.88. The van der Waals surface area contributed by atoms with Crippen LogP contribution in [0.15, 0.2) is 42.5 Å². The van der Waals surface area contributed by atoms with Crippen LogP contribution in [0.25, 0.3) is 0 Å². The van der Waals surface area contributed by atoms with Gasteiger partial charge in [-0.05, 0) is 48.4 Å². The van der Waals surface area contributed by atoms with E-state index < -0.39 is 5.97 Å². The van der Waals surface area contributed by atoms with E-state index in [9.17, 15) is 14.0 Å². The van der Waals surface area contributed by atoms with Crippen LogP contribution in [0.3, 0.4) is 0 Å². The Morgan fingerprint density at radius 3 is 2.74 bits per heavy atom. The number of ether oxygens (including phenoxy) is 1. The van der Waals surface area contributed by atoms with Crippen LogP contribution in [0.4, 0.5) is 10.1 Å². The lowest BCUT2D eigenvalue weighted by Crippen LogP contribution is -2.28. The Morgan fingerprint density at radius 2 is 2.07 bits per heavy atom. The van der Waals surface area contributed by atoms with E-state index in [0.717, 1.165) is 11.1 Å². The van der Waals surface area contributed by atoms with E-state index in [2.05, 4.69) is 0 Å². The molecule has 7 heteroatoms. The monoisotopic (exact) mass is 384 g/mol. The molecule has 1 atom stereocenters. The molecule has 1 unspecified atom stereocenters. The number of nitrogens with zero attached hydrogens (tertiary/aromatic N) is 2. The molecule has 2 aromatic rings. The van der Waals surface area contributed by atoms with Gasteiger partial charge in [-0.1, -0.05) is 12.1 Å². The Balaban J connectivity index is 1.85. The molecule has 0 saturated carbocycles. The van der Waals surface area contributed by atoms with Crippen molar-refractivity contribution in [3.8, 4) is 6.07 Å². The van der Waals surface area contributed by atoms with Crippen LogP contribution in [-0.2, 0) is 9.53 Å². The number of benzene rings is 2. The van der Waals surface area contributed by atoms with Crippen molar-refractivity contribution in [2.45, 2.75) is 18.7 Å². The highest BCUT2D eigenvalue weighted by atomic mass is 32.2. The summed E-state index contributed by atoms with van der Waals surface area (Å²) in [7, 11) is 0. The van der Waals surface area contributed by atoms with Crippen molar-refractivity contribution in [1.29, 1.82) is 5.26 Å². The van der Waals surface area contributed by atoms with Crippen molar-refractivity contribution in [2.75, 3.05) is 17.3 Å².